The molecule has 2 aromatic heterocycles. The summed E-state index contributed by atoms with van der Waals surface area (Å²) in [6, 6.07) is -0.247. The third-order valence-corrected chi connectivity index (χ3v) is 6.24. The minimum Gasteiger partial charge on any atom is -0.297 e. The Morgan fingerprint density at radius 2 is 2.04 bits per heavy atom. The highest BCUT2D eigenvalue weighted by atomic mass is 32.1. The summed E-state index contributed by atoms with van der Waals surface area (Å²) in [7, 11) is 0. The van der Waals surface area contributed by atoms with Crippen molar-refractivity contribution in [3.8, 4) is 0 Å². The fourth-order valence-corrected chi connectivity index (χ4v) is 4.54. The lowest BCUT2D eigenvalue weighted by Gasteiger charge is -2.20. The maximum atomic E-state index is 13.2. The highest BCUT2D eigenvalue weighted by molar-refractivity contribution is 7.10. The van der Waals surface area contributed by atoms with Crippen LogP contribution in [0.2, 0.25) is 0 Å². The number of Topliss-reactive ketones (excluding diaryl/α,β-unsaturated/α-hetero) is 1. The highest BCUT2D eigenvalue weighted by Gasteiger charge is 2.29. The molecule has 0 aromatic carbocycles. The van der Waals surface area contributed by atoms with Crippen LogP contribution < -0.4 is 0 Å². The minimum absolute atomic E-state index is 0.0994. The molecule has 25 heavy (non-hydrogen) atoms. The fourth-order valence-electron chi connectivity index (χ4n) is 3.89. The normalized spacial score (nSPS) is 19.4. The Morgan fingerprint density at radius 1 is 1.24 bits per heavy atom. The Bertz CT molecular complexity index is 731. The van der Waals surface area contributed by atoms with Gasteiger partial charge in [0.2, 0.25) is 0 Å². The molecule has 134 valence electrons. The van der Waals surface area contributed by atoms with Crippen LogP contribution in [0.15, 0.2) is 18.6 Å². The van der Waals surface area contributed by atoms with Gasteiger partial charge in [-0.15, -0.1) is 0 Å². The second kappa shape index (κ2) is 7.36. The second-order valence-corrected chi connectivity index (χ2v) is 8.64. The number of halogens is 1. The van der Waals surface area contributed by atoms with Gasteiger partial charge in [0.25, 0.3) is 0 Å². The van der Waals surface area contributed by atoms with Gasteiger partial charge in [-0.3, -0.25) is 9.48 Å². The molecule has 2 aliphatic carbocycles. The molecule has 0 unspecified atom stereocenters. The van der Waals surface area contributed by atoms with E-state index in [9.17, 15) is 9.18 Å². The lowest BCUT2D eigenvalue weighted by Crippen LogP contribution is -2.24. The predicted octanol–water partition coefficient (Wildman–Crippen LogP) is 4.36. The zero-order valence-electron chi connectivity index (χ0n) is 14.4. The first-order valence-corrected chi connectivity index (χ1v) is 10.1. The molecule has 6 heteroatoms. The van der Waals surface area contributed by atoms with E-state index < -0.39 is 0 Å². The number of ketones is 1. The number of hydrogen-bond acceptors (Lipinski definition) is 4. The molecule has 0 radical (unpaired) electrons. The number of thiazole rings is 1. The van der Waals surface area contributed by atoms with Crippen molar-refractivity contribution in [2.24, 2.45) is 11.8 Å². The van der Waals surface area contributed by atoms with Crippen molar-refractivity contribution in [2.45, 2.75) is 63.8 Å². The quantitative estimate of drug-likeness (QED) is 0.702. The summed E-state index contributed by atoms with van der Waals surface area (Å²) >= 11 is 0.965. The SMILES string of the molecule is O=C(Cc1ncc(F)s1)[C@@H](CC1CCCC1)n1cc(CC2CC2)cn1. The van der Waals surface area contributed by atoms with E-state index in [0.29, 0.717) is 10.9 Å². The van der Waals surface area contributed by atoms with Crippen molar-refractivity contribution in [3.63, 3.8) is 0 Å². The van der Waals surface area contributed by atoms with Crippen LogP contribution in [0, 0.1) is 17.0 Å². The van der Waals surface area contributed by atoms with Gasteiger partial charge >= 0.3 is 0 Å². The van der Waals surface area contributed by atoms with Gasteiger partial charge in [0.1, 0.15) is 11.0 Å². The first-order chi connectivity index (χ1) is 12.2. The summed E-state index contributed by atoms with van der Waals surface area (Å²) in [6.45, 7) is 0. The molecule has 0 spiro atoms. The molecule has 0 saturated heterocycles. The summed E-state index contributed by atoms with van der Waals surface area (Å²) in [5.74, 6) is 1.50. The average molecular weight is 361 g/mol. The Hall–Kier alpha value is -1.56. The van der Waals surface area contributed by atoms with Gasteiger partial charge in [-0.25, -0.2) is 4.98 Å². The zero-order valence-corrected chi connectivity index (χ0v) is 15.2. The topological polar surface area (TPSA) is 47.8 Å². The number of aromatic nitrogens is 3. The van der Waals surface area contributed by atoms with Gasteiger partial charge < -0.3 is 0 Å². The molecule has 2 aromatic rings. The Kier molecular flexibility index (Phi) is 4.97. The first kappa shape index (κ1) is 16.9. The monoisotopic (exact) mass is 361 g/mol. The van der Waals surface area contributed by atoms with Crippen molar-refractivity contribution in [1.29, 1.82) is 0 Å². The summed E-state index contributed by atoms with van der Waals surface area (Å²) in [5.41, 5.74) is 1.23. The second-order valence-electron chi connectivity index (χ2n) is 7.58. The molecule has 0 bridgehead atoms. The highest BCUT2D eigenvalue weighted by Crippen LogP contribution is 2.34. The van der Waals surface area contributed by atoms with E-state index in [1.807, 2.05) is 10.9 Å². The van der Waals surface area contributed by atoms with Crippen LogP contribution in [0.1, 0.15) is 61.6 Å². The van der Waals surface area contributed by atoms with Crippen molar-refractivity contribution in [3.05, 3.63) is 34.3 Å². The first-order valence-electron chi connectivity index (χ1n) is 9.33. The fraction of sp³-hybridized carbons (Fsp3) is 0.632. The molecule has 2 heterocycles. The van der Waals surface area contributed by atoms with Crippen LogP contribution in [-0.4, -0.2) is 20.5 Å². The molecule has 2 aliphatic rings. The summed E-state index contributed by atoms with van der Waals surface area (Å²) in [4.78, 5) is 16.9. The number of carbonyl (C=O) groups excluding carboxylic acids is 1. The smallest absolute Gasteiger partial charge is 0.196 e. The van der Waals surface area contributed by atoms with E-state index in [1.165, 1.54) is 50.3 Å². The van der Waals surface area contributed by atoms with E-state index in [2.05, 4.69) is 16.3 Å². The van der Waals surface area contributed by atoms with E-state index in [0.717, 1.165) is 30.1 Å². The molecule has 0 N–H and O–H groups in total. The maximum absolute atomic E-state index is 13.2. The van der Waals surface area contributed by atoms with E-state index in [1.54, 1.807) is 0 Å². The molecule has 0 aliphatic heterocycles. The van der Waals surface area contributed by atoms with Crippen molar-refractivity contribution < 1.29 is 9.18 Å². The van der Waals surface area contributed by atoms with Crippen molar-refractivity contribution in [1.82, 2.24) is 14.8 Å². The number of rotatable bonds is 8. The van der Waals surface area contributed by atoms with Gasteiger partial charge in [-0.2, -0.15) is 9.49 Å². The molecule has 0 amide bonds. The van der Waals surface area contributed by atoms with Crippen LogP contribution in [-0.2, 0) is 17.6 Å². The summed E-state index contributed by atoms with van der Waals surface area (Å²) in [6.07, 6.45) is 14.8. The Balaban J connectivity index is 1.49. The van der Waals surface area contributed by atoms with Crippen molar-refractivity contribution in [2.75, 3.05) is 0 Å². The lowest BCUT2D eigenvalue weighted by molar-refractivity contribution is -0.122. The third kappa shape index (κ3) is 4.35. The van der Waals surface area contributed by atoms with Crippen molar-refractivity contribution >= 4 is 17.1 Å². The molecule has 2 saturated carbocycles. The van der Waals surface area contributed by atoms with Crippen LogP contribution in [0.4, 0.5) is 4.39 Å². The lowest BCUT2D eigenvalue weighted by atomic mass is 9.95. The summed E-state index contributed by atoms with van der Waals surface area (Å²) < 4.78 is 15.1. The van der Waals surface area contributed by atoms with Gasteiger partial charge in [0.15, 0.2) is 10.9 Å². The van der Waals surface area contributed by atoms with Gasteiger partial charge in [0, 0.05) is 6.20 Å². The number of hydrogen-bond donors (Lipinski definition) is 0. The average Bonchev–Trinajstić information content (AvgIpc) is 2.97. The predicted molar refractivity (Wildman–Crippen MR) is 95.1 cm³/mol. The molecule has 4 nitrogen and oxygen atoms in total. The van der Waals surface area contributed by atoms with Gasteiger partial charge in [-0.05, 0) is 43.1 Å². The Labute approximate surface area is 151 Å². The van der Waals surface area contributed by atoms with Crippen LogP contribution in [0.25, 0.3) is 0 Å². The molecule has 1 atom stereocenters. The molecular formula is C19H24FN3OS. The minimum atomic E-state index is -0.332. The molecule has 4 rings (SSSR count). The van der Waals surface area contributed by atoms with Crippen LogP contribution in [0.3, 0.4) is 0 Å². The number of carbonyl (C=O) groups is 1. The zero-order chi connectivity index (χ0) is 17.2. The van der Waals surface area contributed by atoms with Gasteiger partial charge in [0.05, 0.1) is 18.8 Å². The molecule has 2 fully saturated rings. The number of nitrogens with zero attached hydrogens (tertiary/aromatic N) is 3. The maximum Gasteiger partial charge on any atom is 0.196 e. The van der Waals surface area contributed by atoms with E-state index in [4.69, 9.17) is 0 Å². The standard InChI is InChI=1S/C19H24FN3OS/c20-18-11-21-19(25-18)9-17(24)16(8-13-3-1-2-4-13)23-12-15(10-22-23)7-14-5-6-14/h10-14,16H,1-9H2/t16-/m1/s1. The summed E-state index contributed by atoms with van der Waals surface area (Å²) in [5, 5.41) is 4.74. The van der Waals surface area contributed by atoms with Crippen LogP contribution >= 0.6 is 11.3 Å². The van der Waals surface area contributed by atoms with E-state index >= 15 is 0 Å². The van der Waals surface area contributed by atoms with Crippen LogP contribution in [0.5, 0.6) is 0 Å². The third-order valence-electron chi connectivity index (χ3n) is 5.45. The molecular weight excluding hydrogens is 337 g/mol. The van der Waals surface area contributed by atoms with Gasteiger partial charge in [-0.1, -0.05) is 37.0 Å². The largest absolute Gasteiger partial charge is 0.297 e. The van der Waals surface area contributed by atoms with E-state index in [-0.39, 0.29) is 23.4 Å². The Morgan fingerprint density at radius 3 is 2.72 bits per heavy atom.